The average molecular weight is 193 g/mol. The Morgan fingerprint density at radius 1 is 1.64 bits per heavy atom. The minimum Gasteiger partial charge on any atom is -0.315 e. The molecule has 0 saturated carbocycles. The number of aromatic nitrogens is 1. The van der Waals surface area contributed by atoms with E-state index in [9.17, 15) is 10.1 Å². The van der Waals surface area contributed by atoms with Crippen molar-refractivity contribution in [2.24, 2.45) is 0 Å². The summed E-state index contributed by atoms with van der Waals surface area (Å²) in [4.78, 5) is 14.6. The third-order valence-electron chi connectivity index (χ3n) is 2.51. The van der Waals surface area contributed by atoms with E-state index >= 15 is 0 Å². The molecule has 0 atom stereocenters. The van der Waals surface area contributed by atoms with Gasteiger partial charge in [0.15, 0.2) is 0 Å². The highest BCUT2D eigenvalue weighted by atomic mass is 16.6. The van der Waals surface area contributed by atoms with Crippen LogP contribution in [0.2, 0.25) is 0 Å². The summed E-state index contributed by atoms with van der Waals surface area (Å²) >= 11 is 0. The first-order valence-electron chi connectivity index (χ1n) is 4.50. The van der Waals surface area contributed by atoms with Gasteiger partial charge in [-0.05, 0) is 13.0 Å². The molecule has 5 heteroatoms. The largest absolute Gasteiger partial charge is 0.315 e. The molecule has 1 aromatic heterocycles. The van der Waals surface area contributed by atoms with Crippen LogP contribution in [0.15, 0.2) is 12.3 Å². The van der Waals surface area contributed by atoms with Crippen LogP contribution < -0.4 is 5.32 Å². The van der Waals surface area contributed by atoms with Crippen molar-refractivity contribution in [2.45, 2.75) is 12.8 Å². The highest BCUT2D eigenvalue weighted by Crippen LogP contribution is 2.29. The van der Waals surface area contributed by atoms with Gasteiger partial charge < -0.3 is 5.32 Å². The summed E-state index contributed by atoms with van der Waals surface area (Å²) in [6, 6.07) is 1.67. The SMILES string of the molecule is Cc1ccnc(C2CNC2)c1[N+](=O)[O-]. The van der Waals surface area contributed by atoms with E-state index in [2.05, 4.69) is 10.3 Å². The number of rotatable bonds is 2. The second-order valence-electron chi connectivity index (χ2n) is 3.47. The lowest BCUT2D eigenvalue weighted by Gasteiger charge is -2.26. The zero-order chi connectivity index (χ0) is 10.1. The second kappa shape index (κ2) is 3.34. The van der Waals surface area contributed by atoms with Gasteiger partial charge in [-0.25, -0.2) is 0 Å². The molecule has 0 unspecified atom stereocenters. The smallest absolute Gasteiger partial charge is 0.293 e. The van der Waals surface area contributed by atoms with Crippen molar-refractivity contribution in [1.82, 2.24) is 10.3 Å². The summed E-state index contributed by atoms with van der Waals surface area (Å²) in [5, 5.41) is 13.9. The third kappa shape index (κ3) is 1.35. The fourth-order valence-corrected chi connectivity index (χ4v) is 1.59. The van der Waals surface area contributed by atoms with Crippen LogP contribution in [-0.4, -0.2) is 23.0 Å². The molecule has 1 saturated heterocycles. The first-order valence-corrected chi connectivity index (χ1v) is 4.50. The fourth-order valence-electron chi connectivity index (χ4n) is 1.59. The Balaban J connectivity index is 2.46. The first-order chi connectivity index (χ1) is 6.70. The van der Waals surface area contributed by atoms with Crippen LogP contribution >= 0.6 is 0 Å². The van der Waals surface area contributed by atoms with E-state index in [4.69, 9.17) is 0 Å². The van der Waals surface area contributed by atoms with Crippen molar-refractivity contribution in [3.63, 3.8) is 0 Å². The summed E-state index contributed by atoms with van der Waals surface area (Å²) in [5.41, 5.74) is 1.49. The molecule has 14 heavy (non-hydrogen) atoms. The molecule has 74 valence electrons. The molecule has 2 heterocycles. The summed E-state index contributed by atoms with van der Waals surface area (Å²) in [6.07, 6.45) is 1.63. The van der Waals surface area contributed by atoms with Gasteiger partial charge >= 0.3 is 0 Å². The highest BCUT2D eigenvalue weighted by molar-refractivity contribution is 5.45. The van der Waals surface area contributed by atoms with Crippen molar-refractivity contribution < 1.29 is 4.92 Å². The van der Waals surface area contributed by atoms with Crippen LogP contribution in [0.1, 0.15) is 17.2 Å². The molecule has 0 radical (unpaired) electrons. The minimum atomic E-state index is -0.337. The lowest BCUT2D eigenvalue weighted by atomic mass is 9.96. The Morgan fingerprint density at radius 2 is 2.36 bits per heavy atom. The van der Waals surface area contributed by atoms with E-state index in [1.54, 1.807) is 19.2 Å². The number of nitro groups is 1. The molecule has 0 amide bonds. The molecule has 1 aliphatic rings. The molecular weight excluding hydrogens is 182 g/mol. The van der Waals surface area contributed by atoms with Crippen LogP contribution in [0.3, 0.4) is 0 Å². The van der Waals surface area contributed by atoms with Crippen molar-refractivity contribution in [2.75, 3.05) is 13.1 Å². The highest BCUT2D eigenvalue weighted by Gasteiger charge is 2.29. The standard InChI is InChI=1S/C9H11N3O2/c1-6-2-3-11-8(7-4-10-5-7)9(6)12(13)14/h2-3,7,10H,4-5H2,1H3. The molecule has 1 aliphatic heterocycles. The van der Waals surface area contributed by atoms with Crippen molar-refractivity contribution in [1.29, 1.82) is 0 Å². The molecule has 0 bridgehead atoms. The molecule has 2 rings (SSSR count). The lowest BCUT2D eigenvalue weighted by molar-refractivity contribution is -0.386. The molecule has 5 nitrogen and oxygen atoms in total. The Hall–Kier alpha value is -1.49. The lowest BCUT2D eigenvalue weighted by Crippen LogP contribution is -2.40. The van der Waals surface area contributed by atoms with E-state index < -0.39 is 0 Å². The maximum Gasteiger partial charge on any atom is 0.293 e. The van der Waals surface area contributed by atoms with Gasteiger partial charge in [0.1, 0.15) is 5.69 Å². The van der Waals surface area contributed by atoms with Crippen LogP contribution in [0, 0.1) is 17.0 Å². The number of aryl methyl sites for hydroxylation is 1. The van der Waals surface area contributed by atoms with E-state index in [-0.39, 0.29) is 16.5 Å². The Bertz CT molecular complexity index is 374. The van der Waals surface area contributed by atoms with Gasteiger partial charge in [0.2, 0.25) is 0 Å². The summed E-state index contributed by atoms with van der Waals surface area (Å²) in [5.74, 6) is 0.204. The van der Waals surface area contributed by atoms with Crippen molar-refractivity contribution in [3.8, 4) is 0 Å². The van der Waals surface area contributed by atoms with E-state index in [1.807, 2.05) is 0 Å². The predicted octanol–water partition coefficient (Wildman–Crippen LogP) is 0.985. The third-order valence-corrected chi connectivity index (χ3v) is 2.51. The first kappa shape index (κ1) is 9.08. The maximum absolute atomic E-state index is 10.8. The fraction of sp³-hybridized carbons (Fsp3) is 0.444. The number of hydrogen-bond donors (Lipinski definition) is 1. The predicted molar refractivity (Wildman–Crippen MR) is 51.2 cm³/mol. The van der Waals surface area contributed by atoms with Gasteiger partial charge in [-0.2, -0.15) is 0 Å². The topological polar surface area (TPSA) is 68.1 Å². The zero-order valence-electron chi connectivity index (χ0n) is 7.86. The van der Waals surface area contributed by atoms with Gasteiger partial charge in [-0.15, -0.1) is 0 Å². The molecule has 0 spiro atoms. The summed E-state index contributed by atoms with van der Waals surface area (Å²) in [6.45, 7) is 3.32. The quantitative estimate of drug-likeness (QED) is 0.561. The second-order valence-corrected chi connectivity index (χ2v) is 3.47. The van der Waals surface area contributed by atoms with Crippen LogP contribution in [0.4, 0.5) is 5.69 Å². The minimum absolute atomic E-state index is 0.180. The zero-order valence-corrected chi connectivity index (χ0v) is 7.86. The van der Waals surface area contributed by atoms with E-state index in [1.165, 1.54) is 0 Å². The number of pyridine rings is 1. The van der Waals surface area contributed by atoms with Crippen LogP contribution in [-0.2, 0) is 0 Å². The Kier molecular flexibility index (Phi) is 2.17. The monoisotopic (exact) mass is 193 g/mol. The molecule has 1 N–H and O–H groups in total. The molecule has 1 fully saturated rings. The summed E-state index contributed by atoms with van der Waals surface area (Å²) in [7, 11) is 0. The van der Waals surface area contributed by atoms with Gasteiger partial charge in [0.05, 0.1) is 4.92 Å². The van der Waals surface area contributed by atoms with Gasteiger partial charge in [0, 0.05) is 30.8 Å². The Labute approximate surface area is 81.3 Å². The van der Waals surface area contributed by atoms with Gasteiger partial charge in [-0.3, -0.25) is 15.1 Å². The number of nitrogens with one attached hydrogen (secondary N) is 1. The van der Waals surface area contributed by atoms with Crippen molar-refractivity contribution in [3.05, 3.63) is 33.6 Å². The Morgan fingerprint density at radius 3 is 2.86 bits per heavy atom. The van der Waals surface area contributed by atoms with Crippen molar-refractivity contribution >= 4 is 5.69 Å². The van der Waals surface area contributed by atoms with E-state index in [0.717, 1.165) is 13.1 Å². The normalized spacial score (nSPS) is 16.4. The molecular formula is C9H11N3O2. The molecule has 1 aromatic rings. The van der Waals surface area contributed by atoms with Gasteiger partial charge in [0.25, 0.3) is 5.69 Å². The summed E-state index contributed by atoms with van der Waals surface area (Å²) < 4.78 is 0. The van der Waals surface area contributed by atoms with Crippen LogP contribution in [0.25, 0.3) is 0 Å². The van der Waals surface area contributed by atoms with Gasteiger partial charge in [-0.1, -0.05) is 0 Å². The molecule has 0 aromatic carbocycles. The molecule has 0 aliphatic carbocycles. The number of nitrogens with zero attached hydrogens (tertiary/aromatic N) is 2. The van der Waals surface area contributed by atoms with Crippen LogP contribution in [0.5, 0.6) is 0 Å². The average Bonchev–Trinajstić information content (AvgIpc) is 1.99. The van der Waals surface area contributed by atoms with E-state index in [0.29, 0.717) is 11.3 Å². The number of hydrogen-bond acceptors (Lipinski definition) is 4. The maximum atomic E-state index is 10.8.